The standard InChI is InChI=1S/C14H28OSi.C5H9.Fe.Li/c1-14(2,3)16(4,5)15-12-8-11-13-9-6-7-10-13;1-2-4-5-3-1;;/h8,11,13H,6-7,9-10,12H2,1-5H3;1H,2-5H2;;/q;-1;+2;+1/b11-8+;;;. The molecule has 0 aliphatic heterocycles. The fraction of sp³-hybridized carbons (Fsp3) is 0.842. The smallest absolute Gasteiger partial charge is 0.413 e. The van der Waals surface area contributed by atoms with Crippen LogP contribution in [-0.2, 0) is 21.5 Å². The van der Waals surface area contributed by atoms with Crippen LogP contribution in [0.5, 0.6) is 0 Å². The van der Waals surface area contributed by atoms with Crippen molar-refractivity contribution in [3.05, 3.63) is 18.6 Å². The van der Waals surface area contributed by atoms with Gasteiger partial charge in [-0.3, -0.25) is 0 Å². The maximum atomic E-state index is 6.11. The molecular weight excluding hydrogens is 335 g/mol. The van der Waals surface area contributed by atoms with E-state index in [1.54, 1.807) is 0 Å². The summed E-state index contributed by atoms with van der Waals surface area (Å²) in [4.78, 5) is 0. The molecule has 2 fully saturated rings. The van der Waals surface area contributed by atoms with Gasteiger partial charge in [-0.15, -0.1) is 0 Å². The van der Waals surface area contributed by atoms with E-state index in [9.17, 15) is 0 Å². The summed E-state index contributed by atoms with van der Waals surface area (Å²) < 4.78 is 6.11. The van der Waals surface area contributed by atoms with E-state index in [1.165, 1.54) is 51.4 Å². The summed E-state index contributed by atoms with van der Waals surface area (Å²) in [7, 11) is -1.53. The third-order valence-electron chi connectivity index (χ3n) is 5.22. The minimum Gasteiger partial charge on any atom is -0.413 e. The normalized spacial score (nSPS) is 19.0. The van der Waals surface area contributed by atoms with Gasteiger partial charge in [-0.05, 0) is 36.9 Å². The van der Waals surface area contributed by atoms with Gasteiger partial charge in [-0.25, -0.2) is 0 Å². The minimum absolute atomic E-state index is 0. The Hall–Kier alpha value is 1.03. The molecule has 0 radical (unpaired) electrons. The summed E-state index contributed by atoms with van der Waals surface area (Å²) in [6.07, 6.45) is 18.2. The quantitative estimate of drug-likeness (QED) is 0.417. The molecule has 0 spiro atoms. The molecule has 0 atom stereocenters. The zero-order valence-corrected chi connectivity index (χ0v) is 18.5. The van der Waals surface area contributed by atoms with Gasteiger partial charge < -0.3 is 10.8 Å². The molecule has 0 heterocycles. The van der Waals surface area contributed by atoms with Gasteiger partial charge >= 0.3 is 35.9 Å². The summed E-state index contributed by atoms with van der Waals surface area (Å²) >= 11 is 0. The monoisotopic (exact) mass is 372 g/mol. The van der Waals surface area contributed by atoms with E-state index in [0.29, 0.717) is 5.04 Å². The van der Waals surface area contributed by atoms with Crippen molar-refractivity contribution in [3.8, 4) is 0 Å². The van der Waals surface area contributed by atoms with Gasteiger partial charge in [0.1, 0.15) is 0 Å². The van der Waals surface area contributed by atoms with E-state index in [2.05, 4.69) is 52.4 Å². The molecule has 23 heavy (non-hydrogen) atoms. The first kappa shape index (κ1) is 26.3. The number of rotatable bonds is 4. The van der Waals surface area contributed by atoms with Gasteiger partial charge in [0.25, 0.3) is 0 Å². The van der Waals surface area contributed by atoms with Crippen LogP contribution in [0.2, 0.25) is 18.1 Å². The molecule has 0 aromatic rings. The first-order valence-corrected chi connectivity index (χ1v) is 11.9. The number of allylic oxidation sites excluding steroid dienone is 1. The Morgan fingerprint density at radius 1 is 1.04 bits per heavy atom. The molecule has 0 aromatic heterocycles. The summed E-state index contributed by atoms with van der Waals surface area (Å²) in [6, 6.07) is 0. The van der Waals surface area contributed by atoms with Crippen molar-refractivity contribution in [3.63, 3.8) is 0 Å². The van der Waals surface area contributed by atoms with E-state index >= 15 is 0 Å². The average molecular weight is 372 g/mol. The molecule has 2 saturated carbocycles. The Morgan fingerprint density at radius 2 is 1.57 bits per heavy atom. The Labute approximate surface area is 169 Å². The second-order valence-electron chi connectivity index (χ2n) is 8.12. The van der Waals surface area contributed by atoms with E-state index < -0.39 is 8.32 Å². The van der Waals surface area contributed by atoms with Gasteiger partial charge in [0, 0.05) is 0 Å². The van der Waals surface area contributed by atoms with Crippen molar-refractivity contribution >= 4 is 8.32 Å². The van der Waals surface area contributed by atoms with E-state index in [-0.39, 0.29) is 35.9 Å². The fourth-order valence-corrected chi connectivity index (χ4v) is 3.54. The third kappa shape index (κ3) is 11.3. The molecule has 0 N–H and O–H groups in total. The van der Waals surface area contributed by atoms with Gasteiger partial charge in [0.05, 0.1) is 6.61 Å². The van der Waals surface area contributed by atoms with Crippen LogP contribution in [0.1, 0.15) is 72.1 Å². The predicted octanol–water partition coefficient (Wildman–Crippen LogP) is 3.52. The molecule has 2 rings (SSSR count). The maximum Gasteiger partial charge on any atom is 2.00 e. The first-order chi connectivity index (χ1) is 9.83. The average Bonchev–Trinajstić information content (AvgIpc) is 3.08. The summed E-state index contributed by atoms with van der Waals surface area (Å²) in [5.41, 5.74) is 0. The topological polar surface area (TPSA) is 9.23 Å². The molecular formula is C19H37FeLiOSi+2. The number of hydrogen-bond donors (Lipinski definition) is 0. The van der Waals surface area contributed by atoms with Gasteiger partial charge in [0.2, 0.25) is 0 Å². The van der Waals surface area contributed by atoms with Crippen LogP contribution >= 0.6 is 0 Å². The zero-order valence-electron chi connectivity index (χ0n) is 16.4. The van der Waals surface area contributed by atoms with Crippen LogP contribution in [0.3, 0.4) is 0 Å². The van der Waals surface area contributed by atoms with Crippen LogP contribution in [0.4, 0.5) is 0 Å². The van der Waals surface area contributed by atoms with Crippen molar-refractivity contribution in [2.45, 2.75) is 90.3 Å². The van der Waals surface area contributed by atoms with Crippen LogP contribution in [0.25, 0.3) is 0 Å². The molecule has 4 heteroatoms. The Bertz CT molecular complexity index is 295. The minimum atomic E-state index is -1.53. The molecule has 0 unspecified atom stereocenters. The van der Waals surface area contributed by atoms with Crippen molar-refractivity contribution in [2.75, 3.05) is 6.61 Å². The van der Waals surface area contributed by atoms with Crippen molar-refractivity contribution in [2.24, 2.45) is 5.92 Å². The summed E-state index contributed by atoms with van der Waals surface area (Å²) in [5.74, 6) is 0.836. The fourth-order valence-electron chi connectivity index (χ4n) is 2.59. The zero-order chi connectivity index (χ0) is 15.8. The van der Waals surface area contributed by atoms with Crippen molar-refractivity contribution < 1.29 is 40.4 Å². The van der Waals surface area contributed by atoms with Crippen LogP contribution < -0.4 is 18.9 Å². The van der Waals surface area contributed by atoms with E-state index in [4.69, 9.17) is 4.43 Å². The molecule has 2 aliphatic carbocycles. The van der Waals surface area contributed by atoms with Gasteiger partial charge in [-0.1, -0.05) is 58.6 Å². The van der Waals surface area contributed by atoms with Crippen molar-refractivity contribution in [1.29, 1.82) is 0 Å². The molecule has 130 valence electrons. The largest absolute Gasteiger partial charge is 2.00 e. The van der Waals surface area contributed by atoms with Gasteiger partial charge in [0.15, 0.2) is 8.32 Å². The van der Waals surface area contributed by atoms with Crippen LogP contribution in [-0.4, -0.2) is 14.9 Å². The molecule has 2 aliphatic rings. The SMILES string of the molecule is CC(C)(C)[Si](C)(C)OC/C=C/C1CCCC1.[CH-]1CCCC1.[Fe+2].[Li+]. The Kier molecular flexibility index (Phi) is 15.1. The van der Waals surface area contributed by atoms with Gasteiger partial charge in [-0.2, -0.15) is 12.8 Å². The Morgan fingerprint density at radius 3 is 1.96 bits per heavy atom. The van der Waals surface area contributed by atoms with Crippen LogP contribution in [0.15, 0.2) is 12.2 Å². The Balaban J connectivity index is 0. The molecule has 0 bridgehead atoms. The summed E-state index contributed by atoms with van der Waals surface area (Å²) in [5, 5.41) is 0.328. The van der Waals surface area contributed by atoms with Crippen molar-refractivity contribution in [1.82, 2.24) is 0 Å². The molecule has 1 nitrogen and oxygen atoms in total. The third-order valence-corrected chi connectivity index (χ3v) is 9.72. The summed E-state index contributed by atoms with van der Waals surface area (Å²) in [6.45, 7) is 12.3. The molecule has 0 amide bonds. The predicted molar refractivity (Wildman–Crippen MR) is 97.0 cm³/mol. The van der Waals surface area contributed by atoms with Crippen LogP contribution in [0, 0.1) is 12.3 Å². The molecule has 0 aromatic carbocycles. The maximum absolute atomic E-state index is 6.11. The first-order valence-electron chi connectivity index (χ1n) is 8.95. The molecule has 0 saturated heterocycles. The van der Waals surface area contributed by atoms with E-state index in [0.717, 1.165) is 12.5 Å². The second kappa shape index (κ2) is 13.3. The second-order valence-corrected chi connectivity index (χ2v) is 12.9. The van der Waals surface area contributed by atoms with E-state index in [1.807, 2.05) is 0 Å². The number of hydrogen-bond acceptors (Lipinski definition) is 1.